The van der Waals surface area contributed by atoms with E-state index in [-0.39, 0.29) is 39.0 Å². The lowest BCUT2D eigenvalue weighted by Crippen LogP contribution is -2.15. The monoisotopic (exact) mass is 880 g/mol. The Morgan fingerprint density at radius 3 is 1.87 bits per heavy atom. The highest BCUT2D eigenvalue weighted by molar-refractivity contribution is 7.86. The third-order valence-corrected chi connectivity index (χ3v) is 11.1. The first-order valence-corrected chi connectivity index (χ1v) is 20.4. The van der Waals surface area contributed by atoms with Crippen LogP contribution in [0.3, 0.4) is 0 Å². The molecule has 308 valence electrons. The largest absolute Gasteiger partial charge is 0.505 e. The van der Waals surface area contributed by atoms with Gasteiger partial charge in [0.05, 0.1) is 39.3 Å². The van der Waals surface area contributed by atoms with E-state index in [4.69, 9.17) is 5.73 Å². The van der Waals surface area contributed by atoms with Gasteiger partial charge in [0.25, 0.3) is 30.4 Å². The molecule has 23 nitrogen and oxygen atoms in total. The minimum atomic E-state index is -5.32. The van der Waals surface area contributed by atoms with Crippen LogP contribution in [0.15, 0.2) is 125 Å². The predicted octanol–water partition coefficient (Wildman–Crippen LogP) is 6.60. The number of azo groups is 2. The summed E-state index contributed by atoms with van der Waals surface area (Å²) in [6.07, 6.45) is 0. The Kier molecular flexibility index (Phi) is 11.0. The lowest BCUT2D eigenvalue weighted by atomic mass is 10.0. The number of carbonyl (C=O) groups is 2. The number of para-hydroxylation sites is 1. The van der Waals surface area contributed by atoms with E-state index < -0.39 is 102 Å². The fourth-order valence-corrected chi connectivity index (χ4v) is 7.77. The number of phenolic OH excluding ortho intramolecular Hbond substituents is 2. The third kappa shape index (κ3) is 8.25. The van der Waals surface area contributed by atoms with E-state index in [1.807, 2.05) is 0 Å². The maximum atomic E-state index is 12.6. The van der Waals surface area contributed by atoms with Gasteiger partial charge in [-0.25, -0.2) is 4.79 Å². The number of carboxylic acids is 1. The van der Waals surface area contributed by atoms with Crippen LogP contribution in [0.4, 0.5) is 39.8 Å². The Bertz CT molecular complexity index is 3250. The van der Waals surface area contributed by atoms with Crippen LogP contribution in [0.5, 0.6) is 11.5 Å². The number of amides is 1. The summed E-state index contributed by atoms with van der Waals surface area (Å²) < 4.78 is 105. The zero-order valence-corrected chi connectivity index (χ0v) is 31.9. The van der Waals surface area contributed by atoms with Crippen molar-refractivity contribution in [3.05, 3.63) is 101 Å². The number of benzene rings is 6. The number of nitrogens with zero attached hydrogens (tertiary/aromatic N) is 5. The molecule has 26 heteroatoms. The quantitative estimate of drug-likeness (QED) is 0.0156. The van der Waals surface area contributed by atoms with Crippen molar-refractivity contribution >= 4 is 104 Å². The molecular weight excluding hydrogens is 857 g/mol. The smallest absolute Gasteiger partial charge is 0.337 e. The topological polar surface area (TPSA) is 387 Å². The average Bonchev–Trinajstić information content (AvgIpc) is 3.18. The van der Waals surface area contributed by atoms with Crippen molar-refractivity contribution in [1.29, 1.82) is 0 Å². The van der Waals surface area contributed by atoms with Crippen LogP contribution in [0, 0.1) is 4.91 Å². The maximum Gasteiger partial charge on any atom is 0.337 e. The van der Waals surface area contributed by atoms with Gasteiger partial charge in [-0.1, -0.05) is 30.3 Å². The number of aromatic hydroxyl groups is 2. The minimum Gasteiger partial charge on any atom is -0.505 e. The van der Waals surface area contributed by atoms with Gasteiger partial charge in [-0.15, -0.1) is 20.2 Å². The molecular formula is C34H24N8O15S3. The van der Waals surface area contributed by atoms with Crippen LogP contribution in [-0.2, 0) is 30.4 Å². The highest BCUT2D eigenvalue weighted by Gasteiger charge is 2.29. The summed E-state index contributed by atoms with van der Waals surface area (Å²) in [6, 6.07) is 16.1. The van der Waals surface area contributed by atoms with E-state index in [1.165, 1.54) is 60.7 Å². The summed E-state index contributed by atoms with van der Waals surface area (Å²) in [4.78, 5) is 31.4. The fourth-order valence-electron chi connectivity index (χ4n) is 5.74. The van der Waals surface area contributed by atoms with Crippen molar-refractivity contribution in [3.8, 4) is 11.5 Å². The lowest BCUT2D eigenvalue weighted by molar-refractivity contribution is 0.0697. The number of carboxylic acid groups (broad SMARTS) is 1. The van der Waals surface area contributed by atoms with Crippen LogP contribution < -0.4 is 16.6 Å². The number of fused-ring (bicyclic) bond motifs is 2. The standard InChI is InChI=1S/C34H24N8O15S3/c35-28-23(14-24(58(49,50)51)20-13-26(60(55,56)57)30(32(44)27(20)28)41-38-22-8-4-2-6-18(22)34(46)47)39-36-16-10-9-15-11-25(59(52,53)54)29(31(43)19(15)12-16)40-37-21-7-3-1-5-17(21)33(45)42-48/h1-14,38,41,43-44H,35H2,(H,46,47)(H,49,50,51)(H,52,53,54)(H,55,56,57). The van der Waals surface area contributed by atoms with Crippen LogP contribution in [0.1, 0.15) is 20.7 Å². The van der Waals surface area contributed by atoms with Gasteiger partial charge >= 0.3 is 11.9 Å². The summed E-state index contributed by atoms with van der Waals surface area (Å²) in [5.74, 6) is -4.67. The van der Waals surface area contributed by atoms with Gasteiger partial charge in [0.2, 0.25) is 0 Å². The van der Waals surface area contributed by atoms with Crippen molar-refractivity contribution in [1.82, 2.24) is 0 Å². The number of hydrogen-bond acceptors (Lipinski definition) is 18. The highest BCUT2D eigenvalue weighted by atomic mass is 32.2. The van der Waals surface area contributed by atoms with E-state index in [0.717, 1.165) is 12.1 Å². The zero-order chi connectivity index (χ0) is 43.9. The number of rotatable bonds is 12. The molecule has 1 amide bonds. The maximum absolute atomic E-state index is 12.6. The molecule has 0 radical (unpaired) electrons. The van der Waals surface area contributed by atoms with Gasteiger partial charge in [-0.2, -0.15) is 30.4 Å². The molecule has 6 aromatic carbocycles. The number of carbonyl (C=O) groups excluding carboxylic acids is 1. The summed E-state index contributed by atoms with van der Waals surface area (Å²) >= 11 is 0. The molecule has 0 aromatic heterocycles. The van der Waals surface area contributed by atoms with E-state index in [2.05, 4.69) is 36.5 Å². The second kappa shape index (κ2) is 15.7. The first-order valence-electron chi connectivity index (χ1n) is 16.1. The first kappa shape index (κ1) is 42.1. The van der Waals surface area contributed by atoms with Crippen LogP contribution >= 0.6 is 0 Å². The summed E-state index contributed by atoms with van der Waals surface area (Å²) in [6.45, 7) is 0. The Morgan fingerprint density at radius 1 is 0.617 bits per heavy atom. The van der Waals surface area contributed by atoms with Crippen molar-refractivity contribution in [3.63, 3.8) is 0 Å². The van der Waals surface area contributed by atoms with Gasteiger partial charge in [0.1, 0.15) is 31.7 Å². The number of aromatic carboxylic acids is 1. The number of nitrogens with one attached hydrogen (secondary N) is 2. The molecule has 6 rings (SSSR count). The van der Waals surface area contributed by atoms with Crippen molar-refractivity contribution in [2.45, 2.75) is 14.7 Å². The summed E-state index contributed by atoms with van der Waals surface area (Å²) in [5.41, 5.74) is 6.92. The van der Waals surface area contributed by atoms with E-state index >= 15 is 0 Å². The van der Waals surface area contributed by atoms with E-state index in [0.29, 0.717) is 12.1 Å². The molecule has 0 bridgehead atoms. The fraction of sp³-hybridized carbons (Fsp3) is 0. The van der Waals surface area contributed by atoms with Crippen LogP contribution in [0.25, 0.3) is 21.5 Å². The van der Waals surface area contributed by atoms with Crippen molar-refractivity contribution in [2.75, 3.05) is 16.6 Å². The number of anilines is 3. The molecule has 0 aliphatic rings. The Hall–Kier alpha value is -7.49. The Labute approximate surface area is 335 Å². The molecule has 0 aliphatic heterocycles. The summed E-state index contributed by atoms with van der Waals surface area (Å²) in [7, 11) is -15.7. The third-order valence-electron chi connectivity index (χ3n) is 8.44. The number of hydrazine groups is 1. The zero-order valence-electron chi connectivity index (χ0n) is 29.5. The lowest BCUT2D eigenvalue weighted by Gasteiger charge is -2.19. The predicted molar refractivity (Wildman–Crippen MR) is 211 cm³/mol. The second-order valence-electron chi connectivity index (χ2n) is 12.1. The van der Waals surface area contributed by atoms with Crippen LogP contribution in [-0.4, -0.2) is 66.1 Å². The van der Waals surface area contributed by atoms with Crippen LogP contribution in [0.2, 0.25) is 0 Å². The highest BCUT2D eigenvalue weighted by Crippen LogP contribution is 2.48. The van der Waals surface area contributed by atoms with Crippen molar-refractivity contribution in [2.24, 2.45) is 25.6 Å². The van der Waals surface area contributed by atoms with Gasteiger partial charge in [-0.3, -0.25) is 29.3 Å². The number of phenols is 2. The summed E-state index contributed by atoms with van der Waals surface area (Å²) in [5, 5.41) is 48.2. The molecule has 0 fully saturated rings. The number of nitrogen functional groups attached to an aromatic ring is 1. The average molecular weight is 881 g/mol. The first-order chi connectivity index (χ1) is 28.1. The molecule has 0 spiro atoms. The second-order valence-corrected chi connectivity index (χ2v) is 16.3. The number of hydrogen-bond donors (Lipinski definition) is 9. The van der Waals surface area contributed by atoms with Gasteiger partial charge < -0.3 is 21.1 Å². The number of nitrogens with two attached hydrogens (primary N) is 1. The molecule has 6 aromatic rings. The Balaban J connectivity index is 1.50. The van der Waals surface area contributed by atoms with E-state index in [9.17, 15) is 68.7 Å². The molecule has 0 saturated heterocycles. The van der Waals surface area contributed by atoms with Gasteiger partial charge in [0.15, 0.2) is 11.5 Å². The van der Waals surface area contributed by atoms with E-state index in [1.54, 1.807) is 0 Å². The normalized spacial score (nSPS) is 12.3. The number of nitroso groups, excluding NO2 is 1. The SMILES string of the molecule is Nc1c(N=Nc2ccc3cc(S(=O)(=O)O)c(N=Nc4ccccc4C(=O)N=O)c(O)c3c2)cc(S(=O)(=O)O)c2cc(S(=O)(=O)O)c(NNc3ccccc3C(=O)O)c(O)c12. The molecule has 0 unspecified atom stereocenters. The molecule has 10 N–H and O–H groups in total. The molecule has 0 heterocycles. The molecule has 0 atom stereocenters. The van der Waals surface area contributed by atoms with Gasteiger partial charge in [0, 0.05) is 15.9 Å². The van der Waals surface area contributed by atoms with Crippen molar-refractivity contribution < 1.29 is 63.8 Å². The minimum absolute atomic E-state index is 0.0168. The van der Waals surface area contributed by atoms with Gasteiger partial charge in [-0.05, 0) is 60.0 Å². The molecule has 60 heavy (non-hydrogen) atoms. The molecule has 0 saturated carbocycles. The molecule has 0 aliphatic carbocycles. The Morgan fingerprint density at radius 2 is 1.23 bits per heavy atom.